The van der Waals surface area contributed by atoms with Crippen molar-refractivity contribution in [3.63, 3.8) is 0 Å². The number of aryl methyl sites for hydroxylation is 1. The number of anilines is 3. The van der Waals surface area contributed by atoms with Gasteiger partial charge in [0.15, 0.2) is 0 Å². The molecule has 25 heavy (non-hydrogen) atoms. The second-order valence-corrected chi connectivity index (χ2v) is 5.53. The number of nitrogens with one attached hydrogen (secondary N) is 2. The van der Waals surface area contributed by atoms with Crippen molar-refractivity contribution in [2.75, 3.05) is 10.6 Å². The van der Waals surface area contributed by atoms with Gasteiger partial charge in [0.2, 0.25) is 0 Å². The molecule has 0 radical (unpaired) electrons. The molecule has 0 saturated carbocycles. The lowest BCUT2D eigenvalue weighted by Crippen LogP contribution is -2.12. The Morgan fingerprint density at radius 2 is 1.80 bits per heavy atom. The molecule has 0 fully saturated rings. The monoisotopic (exact) mass is 328 g/mol. The molecule has 0 unspecified atom stereocenters. The van der Waals surface area contributed by atoms with E-state index in [4.69, 9.17) is 5.26 Å². The fraction of sp³-hybridized carbons (Fsp3) is 0.0500. The van der Waals surface area contributed by atoms with Crippen LogP contribution >= 0.6 is 0 Å². The Kier molecular flexibility index (Phi) is 4.72. The van der Waals surface area contributed by atoms with Crippen LogP contribution in [-0.4, -0.2) is 10.9 Å². The average molecular weight is 328 g/mol. The maximum atomic E-state index is 12.2. The fourth-order valence-electron chi connectivity index (χ4n) is 2.28. The van der Waals surface area contributed by atoms with Crippen LogP contribution in [0.25, 0.3) is 0 Å². The number of pyridine rings is 1. The molecular weight excluding hydrogens is 312 g/mol. The van der Waals surface area contributed by atoms with Crippen LogP contribution in [-0.2, 0) is 0 Å². The minimum atomic E-state index is -0.183. The Morgan fingerprint density at radius 1 is 1.04 bits per heavy atom. The van der Waals surface area contributed by atoms with E-state index in [-0.39, 0.29) is 5.91 Å². The van der Waals surface area contributed by atoms with E-state index in [1.807, 2.05) is 31.2 Å². The highest BCUT2D eigenvalue weighted by Gasteiger charge is 2.07. The maximum absolute atomic E-state index is 12.2. The van der Waals surface area contributed by atoms with E-state index in [1.54, 1.807) is 42.6 Å². The Labute approximate surface area is 146 Å². The molecule has 122 valence electrons. The van der Waals surface area contributed by atoms with Gasteiger partial charge in [0.25, 0.3) is 5.91 Å². The zero-order valence-electron chi connectivity index (χ0n) is 13.7. The van der Waals surface area contributed by atoms with Gasteiger partial charge < -0.3 is 10.6 Å². The zero-order chi connectivity index (χ0) is 17.6. The smallest absolute Gasteiger partial charge is 0.255 e. The van der Waals surface area contributed by atoms with Gasteiger partial charge in [-0.15, -0.1) is 0 Å². The molecule has 1 heterocycles. The first-order valence-corrected chi connectivity index (χ1v) is 7.76. The van der Waals surface area contributed by atoms with Gasteiger partial charge in [0.1, 0.15) is 11.9 Å². The quantitative estimate of drug-likeness (QED) is 0.750. The summed E-state index contributed by atoms with van der Waals surface area (Å²) in [6.45, 7) is 1.97. The Bertz CT molecular complexity index is 925. The van der Waals surface area contributed by atoms with Gasteiger partial charge in [0, 0.05) is 5.56 Å². The van der Waals surface area contributed by atoms with Crippen molar-refractivity contribution >= 4 is 23.1 Å². The second-order valence-electron chi connectivity index (χ2n) is 5.53. The number of hydrogen-bond acceptors (Lipinski definition) is 4. The molecule has 1 amide bonds. The van der Waals surface area contributed by atoms with Crippen LogP contribution in [0.1, 0.15) is 21.5 Å². The normalized spacial score (nSPS) is 9.92. The Balaban J connectivity index is 1.69. The van der Waals surface area contributed by atoms with E-state index in [0.717, 1.165) is 5.56 Å². The van der Waals surface area contributed by atoms with E-state index in [2.05, 4.69) is 21.7 Å². The molecule has 0 atom stereocenters. The highest BCUT2D eigenvalue weighted by molar-refractivity contribution is 6.04. The highest BCUT2D eigenvalue weighted by Crippen LogP contribution is 2.20. The summed E-state index contributed by atoms with van der Waals surface area (Å²) in [5.41, 5.74) is 3.53. The summed E-state index contributed by atoms with van der Waals surface area (Å²) in [5, 5.41) is 15.0. The summed E-state index contributed by atoms with van der Waals surface area (Å²) in [7, 11) is 0. The molecule has 3 aromatic rings. The fourth-order valence-corrected chi connectivity index (χ4v) is 2.28. The first-order chi connectivity index (χ1) is 12.2. The van der Waals surface area contributed by atoms with Crippen molar-refractivity contribution in [1.29, 1.82) is 5.26 Å². The standard InChI is InChI=1S/C20H16N4O/c1-14-6-8-15(9-7-14)20(25)23-17-10-11-19(22-13-17)24-18-5-3-2-4-16(18)12-21/h2-11,13H,1H3,(H,22,24)(H,23,25). The van der Waals surface area contributed by atoms with Crippen LogP contribution in [0.15, 0.2) is 66.9 Å². The van der Waals surface area contributed by atoms with Crippen molar-refractivity contribution in [2.24, 2.45) is 0 Å². The van der Waals surface area contributed by atoms with Crippen molar-refractivity contribution in [1.82, 2.24) is 4.98 Å². The average Bonchev–Trinajstić information content (AvgIpc) is 2.64. The van der Waals surface area contributed by atoms with Crippen LogP contribution in [0.2, 0.25) is 0 Å². The number of carbonyl (C=O) groups excluding carboxylic acids is 1. The van der Waals surface area contributed by atoms with Crippen molar-refractivity contribution in [2.45, 2.75) is 6.92 Å². The SMILES string of the molecule is Cc1ccc(C(=O)Nc2ccc(Nc3ccccc3C#N)nc2)cc1. The van der Waals surface area contributed by atoms with Gasteiger partial charge in [-0.25, -0.2) is 4.98 Å². The number of carbonyl (C=O) groups is 1. The molecule has 0 bridgehead atoms. The summed E-state index contributed by atoms with van der Waals surface area (Å²) >= 11 is 0. The minimum absolute atomic E-state index is 0.183. The summed E-state index contributed by atoms with van der Waals surface area (Å²) in [6, 6.07) is 20.2. The Hall–Kier alpha value is -3.65. The first-order valence-electron chi connectivity index (χ1n) is 7.76. The number of benzene rings is 2. The third kappa shape index (κ3) is 4.01. The van der Waals surface area contributed by atoms with Gasteiger partial charge in [-0.05, 0) is 43.3 Å². The minimum Gasteiger partial charge on any atom is -0.339 e. The molecule has 0 aliphatic carbocycles. The molecule has 5 heteroatoms. The number of nitrogens with zero attached hydrogens (tertiary/aromatic N) is 2. The summed E-state index contributed by atoms with van der Waals surface area (Å²) in [5.74, 6) is 0.411. The van der Waals surface area contributed by atoms with Gasteiger partial charge in [-0.3, -0.25) is 4.79 Å². The second kappa shape index (κ2) is 7.28. The lowest BCUT2D eigenvalue weighted by Gasteiger charge is -2.09. The van der Waals surface area contributed by atoms with Crippen LogP contribution in [0.5, 0.6) is 0 Å². The van der Waals surface area contributed by atoms with Gasteiger partial charge in [-0.1, -0.05) is 29.8 Å². The van der Waals surface area contributed by atoms with Gasteiger partial charge >= 0.3 is 0 Å². The highest BCUT2D eigenvalue weighted by atomic mass is 16.1. The predicted octanol–water partition coefficient (Wildman–Crippen LogP) is 4.26. The lowest BCUT2D eigenvalue weighted by atomic mass is 10.1. The summed E-state index contributed by atoms with van der Waals surface area (Å²) in [4.78, 5) is 16.5. The van der Waals surface area contributed by atoms with Crippen LogP contribution < -0.4 is 10.6 Å². The molecule has 2 N–H and O–H groups in total. The largest absolute Gasteiger partial charge is 0.339 e. The van der Waals surface area contributed by atoms with Crippen molar-refractivity contribution < 1.29 is 4.79 Å². The molecule has 0 aliphatic heterocycles. The van der Waals surface area contributed by atoms with E-state index in [1.165, 1.54) is 0 Å². The number of hydrogen-bond donors (Lipinski definition) is 2. The van der Waals surface area contributed by atoms with Crippen molar-refractivity contribution in [3.05, 3.63) is 83.6 Å². The first kappa shape index (κ1) is 16.2. The van der Waals surface area contributed by atoms with E-state index < -0.39 is 0 Å². The summed E-state index contributed by atoms with van der Waals surface area (Å²) < 4.78 is 0. The number of nitriles is 1. The molecule has 0 saturated heterocycles. The summed E-state index contributed by atoms with van der Waals surface area (Å²) in [6.07, 6.45) is 1.57. The maximum Gasteiger partial charge on any atom is 0.255 e. The van der Waals surface area contributed by atoms with E-state index in [0.29, 0.717) is 28.3 Å². The van der Waals surface area contributed by atoms with Gasteiger partial charge in [0.05, 0.1) is 23.1 Å². The third-order valence-electron chi connectivity index (χ3n) is 3.65. The third-order valence-corrected chi connectivity index (χ3v) is 3.65. The zero-order valence-corrected chi connectivity index (χ0v) is 13.7. The molecule has 2 aromatic carbocycles. The van der Waals surface area contributed by atoms with Crippen LogP contribution in [0.4, 0.5) is 17.2 Å². The van der Waals surface area contributed by atoms with Crippen molar-refractivity contribution in [3.8, 4) is 6.07 Å². The molecule has 3 rings (SSSR count). The lowest BCUT2D eigenvalue weighted by molar-refractivity contribution is 0.102. The Morgan fingerprint density at radius 3 is 2.48 bits per heavy atom. The number of para-hydroxylation sites is 1. The van der Waals surface area contributed by atoms with E-state index in [9.17, 15) is 4.79 Å². The molecule has 0 aliphatic rings. The van der Waals surface area contributed by atoms with Crippen LogP contribution in [0.3, 0.4) is 0 Å². The topological polar surface area (TPSA) is 77.8 Å². The molecular formula is C20H16N4O. The molecule has 5 nitrogen and oxygen atoms in total. The predicted molar refractivity (Wildman–Crippen MR) is 97.8 cm³/mol. The number of rotatable bonds is 4. The van der Waals surface area contributed by atoms with Gasteiger partial charge in [-0.2, -0.15) is 5.26 Å². The van der Waals surface area contributed by atoms with E-state index >= 15 is 0 Å². The number of aromatic nitrogens is 1. The molecule has 0 spiro atoms. The number of amides is 1. The molecule has 1 aromatic heterocycles. The van der Waals surface area contributed by atoms with Crippen LogP contribution in [0, 0.1) is 18.3 Å².